The van der Waals surface area contributed by atoms with Gasteiger partial charge in [0.15, 0.2) is 0 Å². The van der Waals surface area contributed by atoms with Crippen molar-refractivity contribution in [3.63, 3.8) is 0 Å². The minimum Gasteiger partial charge on any atom is -0.481 e. The van der Waals surface area contributed by atoms with E-state index in [0.29, 0.717) is 25.2 Å². The molecular weight excluding hydrogens is 492 g/mol. The molecule has 220 valence electrons. The third-order valence-corrected chi connectivity index (χ3v) is 12.5. The average molecular weight is 545 g/mol. The van der Waals surface area contributed by atoms with Crippen LogP contribution in [0, 0.1) is 45.3 Å². The molecule has 2 saturated carbocycles. The van der Waals surface area contributed by atoms with Gasteiger partial charge in [0, 0.05) is 18.3 Å². The Labute approximate surface area is 235 Å². The Hall–Kier alpha value is -1.66. The van der Waals surface area contributed by atoms with Crippen molar-refractivity contribution in [1.29, 1.82) is 0 Å². The van der Waals surface area contributed by atoms with Crippen LogP contribution in [0.3, 0.4) is 0 Å². The standard InChI is InChI=1S/C33H52O6/c1-19(2)20(3)9-10-22(29(37)38)28-25(36)17-33(8)24-11-12-26-30(5,23(24)13-16-32(28,33)7)15-14-27(39-21(4)35)31(26,6)18-34/h19,22,25-28,34,36H,3,9-18H2,1-2,4-8H3,(H,37,38)/t22-,25-,26-,27+,28+,30-,31-,32-,33+/m1/s1. The molecule has 4 aliphatic carbocycles. The van der Waals surface area contributed by atoms with Gasteiger partial charge in [-0.3, -0.25) is 9.59 Å². The normalized spacial score (nSPS) is 42.4. The molecule has 2 fully saturated rings. The van der Waals surface area contributed by atoms with Gasteiger partial charge in [0.2, 0.25) is 0 Å². The number of aliphatic hydroxyl groups excluding tert-OH is 2. The molecule has 0 aliphatic heterocycles. The van der Waals surface area contributed by atoms with Crippen molar-refractivity contribution < 1.29 is 29.6 Å². The minimum absolute atomic E-state index is 0.0223. The molecule has 0 radical (unpaired) electrons. The number of carbonyl (C=O) groups is 2. The van der Waals surface area contributed by atoms with Crippen LogP contribution in [0.4, 0.5) is 0 Å². The van der Waals surface area contributed by atoms with E-state index in [2.05, 4.69) is 48.1 Å². The van der Waals surface area contributed by atoms with Crippen LogP contribution in [-0.4, -0.2) is 46.1 Å². The van der Waals surface area contributed by atoms with Crippen LogP contribution in [0.15, 0.2) is 23.3 Å². The minimum atomic E-state index is -0.806. The monoisotopic (exact) mass is 544 g/mol. The number of allylic oxidation sites excluding steroid dienone is 3. The van der Waals surface area contributed by atoms with E-state index in [1.54, 1.807) is 0 Å². The zero-order chi connectivity index (χ0) is 29.1. The smallest absolute Gasteiger partial charge is 0.306 e. The number of fused-ring (bicyclic) bond motifs is 4. The lowest BCUT2D eigenvalue weighted by Crippen LogP contribution is -2.58. The van der Waals surface area contributed by atoms with Crippen LogP contribution in [-0.2, 0) is 14.3 Å². The molecule has 0 aromatic heterocycles. The summed E-state index contributed by atoms with van der Waals surface area (Å²) in [6.45, 7) is 18.7. The number of aliphatic hydroxyl groups is 2. The van der Waals surface area contributed by atoms with Crippen molar-refractivity contribution in [1.82, 2.24) is 0 Å². The summed E-state index contributed by atoms with van der Waals surface area (Å²) < 4.78 is 5.75. The second kappa shape index (κ2) is 10.3. The Morgan fingerprint density at radius 2 is 1.74 bits per heavy atom. The first-order valence-electron chi connectivity index (χ1n) is 15.2. The number of hydrogen-bond donors (Lipinski definition) is 3. The Balaban J connectivity index is 1.71. The molecule has 3 N–H and O–H groups in total. The first kappa shape index (κ1) is 30.3. The molecule has 0 heterocycles. The molecule has 4 aliphatic rings. The largest absolute Gasteiger partial charge is 0.481 e. The van der Waals surface area contributed by atoms with E-state index in [1.165, 1.54) is 18.1 Å². The van der Waals surface area contributed by atoms with Gasteiger partial charge in [0.1, 0.15) is 6.10 Å². The Bertz CT molecular complexity index is 1040. The highest BCUT2D eigenvalue weighted by molar-refractivity contribution is 5.71. The van der Waals surface area contributed by atoms with Gasteiger partial charge in [0.25, 0.3) is 0 Å². The lowest BCUT2D eigenvalue weighted by Gasteiger charge is -2.62. The van der Waals surface area contributed by atoms with Crippen LogP contribution in [0.5, 0.6) is 0 Å². The van der Waals surface area contributed by atoms with E-state index in [0.717, 1.165) is 44.1 Å². The second-order valence-corrected chi connectivity index (χ2v) is 14.6. The number of ether oxygens (including phenoxy) is 1. The average Bonchev–Trinajstić information content (AvgIpc) is 3.06. The van der Waals surface area contributed by atoms with Gasteiger partial charge in [-0.25, -0.2) is 0 Å². The summed E-state index contributed by atoms with van der Waals surface area (Å²) in [4.78, 5) is 24.5. The van der Waals surface area contributed by atoms with E-state index in [1.807, 2.05) is 0 Å². The third-order valence-electron chi connectivity index (χ3n) is 12.5. The number of aliphatic carboxylic acids is 1. The lowest BCUT2D eigenvalue weighted by atomic mass is 9.43. The predicted molar refractivity (Wildman–Crippen MR) is 152 cm³/mol. The molecule has 0 unspecified atom stereocenters. The third kappa shape index (κ3) is 4.52. The fourth-order valence-corrected chi connectivity index (χ4v) is 10.00. The molecule has 4 rings (SSSR count). The molecule has 0 aromatic carbocycles. The summed E-state index contributed by atoms with van der Waals surface area (Å²) in [6.07, 6.45) is 5.96. The summed E-state index contributed by atoms with van der Waals surface area (Å²) in [5, 5.41) is 32.6. The van der Waals surface area contributed by atoms with E-state index in [-0.39, 0.29) is 46.8 Å². The van der Waals surface area contributed by atoms with Crippen LogP contribution in [0.1, 0.15) is 106 Å². The summed E-state index contributed by atoms with van der Waals surface area (Å²) >= 11 is 0. The summed E-state index contributed by atoms with van der Waals surface area (Å²) in [5.74, 6) is -1.51. The Morgan fingerprint density at radius 1 is 1.08 bits per heavy atom. The van der Waals surface area contributed by atoms with Crippen molar-refractivity contribution in [2.24, 2.45) is 45.3 Å². The van der Waals surface area contributed by atoms with Crippen molar-refractivity contribution in [2.75, 3.05) is 6.61 Å². The van der Waals surface area contributed by atoms with Crippen LogP contribution in [0.25, 0.3) is 0 Å². The SMILES string of the molecule is C=C(CC[C@@H](C(=O)O)[C@H]1[C@H](O)C[C@@]2(C)C3=C(CC[C@]12C)[C@@]1(C)CC[C@H](OC(C)=O)[C@](C)(CO)[C@@H]1CC3)C(C)C. The van der Waals surface area contributed by atoms with E-state index in [9.17, 15) is 24.9 Å². The number of carbonyl (C=O) groups excluding carboxylic acids is 1. The van der Waals surface area contributed by atoms with E-state index < -0.39 is 23.4 Å². The maximum atomic E-state index is 12.7. The topological polar surface area (TPSA) is 104 Å². The highest BCUT2D eigenvalue weighted by Crippen LogP contribution is 2.72. The summed E-state index contributed by atoms with van der Waals surface area (Å²) in [5.41, 5.74) is 2.75. The molecule has 0 saturated heterocycles. The van der Waals surface area contributed by atoms with Crippen LogP contribution in [0.2, 0.25) is 0 Å². The van der Waals surface area contributed by atoms with Gasteiger partial charge in [-0.2, -0.15) is 0 Å². The van der Waals surface area contributed by atoms with Crippen LogP contribution >= 0.6 is 0 Å². The van der Waals surface area contributed by atoms with Gasteiger partial charge in [-0.15, -0.1) is 0 Å². The number of rotatable bonds is 8. The number of hydrogen-bond acceptors (Lipinski definition) is 5. The zero-order valence-corrected chi connectivity index (χ0v) is 25.3. The Morgan fingerprint density at radius 3 is 2.31 bits per heavy atom. The molecule has 0 amide bonds. The van der Waals surface area contributed by atoms with Gasteiger partial charge in [-0.05, 0) is 85.9 Å². The maximum Gasteiger partial charge on any atom is 0.306 e. The molecule has 0 aromatic rings. The molecule has 39 heavy (non-hydrogen) atoms. The molecule has 0 spiro atoms. The molecule has 6 heteroatoms. The molecule has 9 atom stereocenters. The van der Waals surface area contributed by atoms with Crippen LogP contribution < -0.4 is 0 Å². The number of carboxylic acid groups (broad SMARTS) is 1. The Kier molecular flexibility index (Phi) is 8.01. The van der Waals surface area contributed by atoms with Gasteiger partial charge in [0.05, 0.1) is 18.6 Å². The van der Waals surface area contributed by atoms with Crippen molar-refractivity contribution in [3.8, 4) is 0 Å². The first-order valence-corrected chi connectivity index (χ1v) is 15.2. The quantitative estimate of drug-likeness (QED) is 0.245. The molecular formula is C33H52O6. The van der Waals surface area contributed by atoms with Gasteiger partial charge >= 0.3 is 11.9 Å². The summed E-state index contributed by atoms with van der Waals surface area (Å²) in [7, 11) is 0. The van der Waals surface area contributed by atoms with E-state index in [4.69, 9.17) is 4.74 Å². The van der Waals surface area contributed by atoms with Crippen molar-refractivity contribution in [3.05, 3.63) is 23.3 Å². The number of esters is 1. The van der Waals surface area contributed by atoms with Crippen molar-refractivity contribution >= 4 is 11.9 Å². The van der Waals surface area contributed by atoms with Gasteiger partial charge < -0.3 is 20.1 Å². The highest BCUT2D eigenvalue weighted by atomic mass is 16.5. The summed E-state index contributed by atoms with van der Waals surface area (Å²) in [6, 6.07) is 0. The predicted octanol–water partition coefficient (Wildman–Crippen LogP) is 6.30. The second-order valence-electron chi connectivity index (χ2n) is 14.6. The fourth-order valence-electron chi connectivity index (χ4n) is 10.00. The first-order chi connectivity index (χ1) is 18.1. The maximum absolute atomic E-state index is 12.7. The fraction of sp³-hybridized carbons (Fsp3) is 0.818. The van der Waals surface area contributed by atoms with Crippen molar-refractivity contribution in [2.45, 2.75) is 118 Å². The zero-order valence-electron chi connectivity index (χ0n) is 25.3. The highest BCUT2D eigenvalue weighted by Gasteiger charge is 2.67. The molecule has 0 bridgehead atoms. The van der Waals surface area contributed by atoms with E-state index >= 15 is 0 Å². The van der Waals surface area contributed by atoms with Gasteiger partial charge in [-0.1, -0.05) is 64.8 Å². The number of carboxylic acids is 1. The lowest BCUT2D eigenvalue weighted by molar-refractivity contribution is -0.176. The molecule has 6 nitrogen and oxygen atoms in total.